The van der Waals surface area contributed by atoms with Crippen LogP contribution < -0.4 is 25.0 Å². The van der Waals surface area contributed by atoms with Gasteiger partial charge in [-0.2, -0.15) is 0 Å². The van der Waals surface area contributed by atoms with E-state index in [1.807, 2.05) is 20.8 Å². The lowest BCUT2D eigenvalue weighted by Gasteiger charge is -2.42. The van der Waals surface area contributed by atoms with Crippen LogP contribution in [0.25, 0.3) is 33.1 Å². The maximum absolute atomic E-state index is 14.7. The number of esters is 1. The minimum absolute atomic E-state index is 0.0106. The highest BCUT2D eigenvalue weighted by molar-refractivity contribution is 6.77. The van der Waals surface area contributed by atoms with Gasteiger partial charge in [0.25, 0.3) is 5.91 Å². The lowest BCUT2D eigenvalue weighted by atomic mass is 9.85. The van der Waals surface area contributed by atoms with Crippen molar-refractivity contribution in [3.63, 3.8) is 0 Å². The van der Waals surface area contributed by atoms with E-state index in [1.54, 1.807) is 12.1 Å². The Kier molecular flexibility index (Phi) is 11.9. The number of hydrogen-bond acceptors (Lipinski definition) is 12. The van der Waals surface area contributed by atoms with Crippen LogP contribution in [-0.2, 0) is 22.2 Å². The molecule has 0 spiro atoms. The quantitative estimate of drug-likeness (QED) is 0.0547. The maximum Gasteiger partial charge on any atom is 0.342 e. The van der Waals surface area contributed by atoms with E-state index in [9.17, 15) is 29.7 Å². The van der Waals surface area contributed by atoms with Gasteiger partial charge in [-0.05, 0) is 52.2 Å². The van der Waals surface area contributed by atoms with Crippen molar-refractivity contribution in [3.8, 4) is 39.9 Å². The SMILES string of the molecule is CCC[C@@H]1Cc2cc(CO[Si](C(C)C)(C(C)C)C(C)C)c(-c3c(C(=O)N[C@@H](CO)C(C)C)c(OC)c4oc5ccc6c(c5c(=O)c4c3O)OCO6)c(O)c2C(=O)O1. The van der Waals surface area contributed by atoms with E-state index < -0.39 is 55.9 Å². The van der Waals surface area contributed by atoms with E-state index in [4.69, 9.17) is 27.8 Å². The van der Waals surface area contributed by atoms with Crippen LogP contribution in [0.1, 0.15) is 107 Å². The summed E-state index contributed by atoms with van der Waals surface area (Å²) in [7, 11) is -1.29. The molecule has 0 unspecified atom stereocenters. The van der Waals surface area contributed by atoms with Gasteiger partial charge in [0, 0.05) is 17.5 Å². The topological polar surface area (TPSA) is 183 Å². The average Bonchev–Trinajstić information content (AvgIpc) is 3.63. The van der Waals surface area contributed by atoms with Gasteiger partial charge in [-0.3, -0.25) is 9.59 Å². The summed E-state index contributed by atoms with van der Waals surface area (Å²) >= 11 is 0. The van der Waals surface area contributed by atoms with Crippen LogP contribution in [-0.4, -0.2) is 68.2 Å². The second-order valence-electron chi connectivity index (χ2n) is 16.4. The first-order valence-corrected chi connectivity index (χ1v) is 21.9. The predicted molar refractivity (Wildman–Crippen MR) is 218 cm³/mol. The third-order valence-corrected chi connectivity index (χ3v) is 17.8. The summed E-state index contributed by atoms with van der Waals surface area (Å²) in [6.45, 7) is 17.9. The van der Waals surface area contributed by atoms with E-state index in [-0.39, 0.29) is 91.6 Å². The monoisotopic (exact) mass is 805 g/mol. The number of phenolic OH excluding ortho intramolecular Hbond substituents is 2. The van der Waals surface area contributed by atoms with E-state index in [0.29, 0.717) is 29.7 Å². The van der Waals surface area contributed by atoms with Crippen molar-refractivity contribution >= 4 is 42.1 Å². The van der Waals surface area contributed by atoms with Crippen molar-refractivity contribution in [1.82, 2.24) is 5.32 Å². The molecule has 0 aliphatic carbocycles. The number of rotatable bonds is 14. The lowest BCUT2D eigenvalue weighted by Crippen LogP contribution is -2.47. The van der Waals surface area contributed by atoms with Crippen LogP contribution in [0.2, 0.25) is 16.6 Å². The van der Waals surface area contributed by atoms with E-state index >= 15 is 0 Å². The van der Waals surface area contributed by atoms with Crippen molar-refractivity contribution in [2.75, 3.05) is 20.5 Å². The van der Waals surface area contributed by atoms with E-state index in [0.717, 1.165) is 6.42 Å². The number of methoxy groups -OCH3 is 1. The Balaban J connectivity index is 1.76. The number of ether oxygens (including phenoxy) is 4. The molecule has 2 aliphatic rings. The molecular formula is C43H55NO12Si. The van der Waals surface area contributed by atoms with Gasteiger partial charge in [0.2, 0.25) is 20.5 Å². The van der Waals surface area contributed by atoms with Crippen LogP contribution in [0.3, 0.4) is 0 Å². The molecule has 0 radical (unpaired) electrons. The van der Waals surface area contributed by atoms with Gasteiger partial charge in [0.15, 0.2) is 22.8 Å². The Bertz CT molecular complexity index is 2260. The molecule has 1 amide bonds. The second-order valence-corrected chi connectivity index (χ2v) is 21.8. The highest BCUT2D eigenvalue weighted by atomic mass is 28.4. The van der Waals surface area contributed by atoms with Crippen molar-refractivity contribution in [3.05, 3.63) is 50.7 Å². The number of amides is 1. The zero-order valence-electron chi connectivity index (χ0n) is 34.5. The fraction of sp³-hybridized carbons (Fsp3) is 0.512. The van der Waals surface area contributed by atoms with Gasteiger partial charge < -0.3 is 48.4 Å². The molecule has 57 heavy (non-hydrogen) atoms. The molecule has 0 saturated carbocycles. The van der Waals surface area contributed by atoms with Gasteiger partial charge in [-0.1, -0.05) is 74.8 Å². The van der Waals surface area contributed by atoms with E-state index in [2.05, 4.69) is 46.9 Å². The van der Waals surface area contributed by atoms with Gasteiger partial charge >= 0.3 is 5.97 Å². The minimum Gasteiger partial charge on any atom is -0.506 e. The number of aromatic hydroxyl groups is 2. The second kappa shape index (κ2) is 16.2. The molecule has 4 aromatic rings. The Hall–Kier alpha value is -4.79. The molecule has 0 saturated heterocycles. The summed E-state index contributed by atoms with van der Waals surface area (Å²) in [5, 5.41) is 37.8. The van der Waals surface area contributed by atoms with Crippen LogP contribution in [0.5, 0.6) is 28.7 Å². The number of nitrogens with one attached hydrogen (secondary N) is 1. The first-order chi connectivity index (χ1) is 27.0. The average molecular weight is 806 g/mol. The molecule has 6 rings (SSSR count). The lowest BCUT2D eigenvalue weighted by molar-refractivity contribution is 0.0232. The van der Waals surface area contributed by atoms with Crippen LogP contribution in [0.4, 0.5) is 0 Å². The number of cyclic esters (lactones) is 1. The van der Waals surface area contributed by atoms with Gasteiger partial charge in [-0.25, -0.2) is 4.79 Å². The van der Waals surface area contributed by atoms with Crippen molar-refractivity contribution in [2.24, 2.45) is 5.92 Å². The number of phenols is 2. The maximum atomic E-state index is 14.7. The highest BCUT2D eigenvalue weighted by Gasteiger charge is 2.46. The summed E-state index contributed by atoms with van der Waals surface area (Å²) in [5.41, 5.74) is -0.216. The third-order valence-electron chi connectivity index (χ3n) is 11.7. The Morgan fingerprint density at radius 2 is 1.63 bits per heavy atom. The molecule has 0 fully saturated rings. The number of carbonyl (C=O) groups excluding carboxylic acids is 2. The molecule has 3 heterocycles. The molecule has 2 aliphatic heterocycles. The zero-order valence-corrected chi connectivity index (χ0v) is 35.5. The summed E-state index contributed by atoms with van der Waals surface area (Å²) in [5.74, 6) is -2.83. The molecule has 0 bridgehead atoms. The van der Waals surface area contributed by atoms with Gasteiger partial charge in [-0.15, -0.1) is 0 Å². The van der Waals surface area contributed by atoms with Crippen molar-refractivity contribution in [1.29, 1.82) is 0 Å². The zero-order chi connectivity index (χ0) is 41.7. The smallest absolute Gasteiger partial charge is 0.342 e. The van der Waals surface area contributed by atoms with Gasteiger partial charge in [0.05, 0.1) is 31.9 Å². The molecule has 4 N–H and O–H groups in total. The fourth-order valence-corrected chi connectivity index (χ4v) is 14.5. The predicted octanol–water partition coefficient (Wildman–Crippen LogP) is 8.08. The number of hydrogen-bond donors (Lipinski definition) is 4. The molecular weight excluding hydrogens is 751 g/mol. The Labute approximate surface area is 333 Å². The Morgan fingerprint density at radius 3 is 2.23 bits per heavy atom. The highest BCUT2D eigenvalue weighted by Crippen LogP contribution is 2.52. The molecule has 308 valence electrons. The number of benzene rings is 3. The van der Waals surface area contributed by atoms with E-state index in [1.165, 1.54) is 13.2 Å². The molecule has 2 atom stereocenters. The summed E-state index contributed by atoms with van der Waals surface area (Å²) < 4.78 is 36.3. The van der Waals surface area contributed by atoms with Crippen LogP contribution in [0, 0.1) is 5.92 Å². The standard InChI is InChI=1S/C43H55NO12Si/c1-11-12-26-16-24-15-25(18-54-57(21(4)5,22(6)7)23(8)9)30(36(46)31(24)43(50)55-26)33-34(42(49)44-27(17-45)20(2)3)40(51-10)41-35(38(33)48)37(47)32-28(56-41)13-14-29-39(32)53-19-52-29/h13-15,20-23,26-27,45-46,48H,11-12,16-19H2,1-10H3,(H,44,49)/t26-,27+/m1/s1. The van der Waals surface area contributed by atoms with Crippen molar-refractivity contribution < 1.29 is 52.7 Å². The number of aliphatic hydroxyl groups is 1. The first-order valence-electron chi connectivity index (χ1n) is 19.8. The molecule has 13 nitrogen and oxygen atoms in total. The normalized spacial score (nSPS) is 15.9. The fourth-order valence-electron chi connectivity index (χ4n) is 9.06. The number of fused-ring (bicyclic) bond motifs is 5. The molecule has 1 aromatic heterocycles. The number of aliphatic hydroxyl groups excluding tert-OH is 1. The summed E-state index contributed by atoms with van der Waals surface area (Å²) in [4.78, 5) is 43.1. The molecule has 14 heteroatoms. The first kappa shape index (κ1) is 41.8. The molecule has 3 aromatic carbocycles. The minimum atomic E-state index is -2.58. The summed E-state index contributed by atoms with van der Waals surface area (Å²) in [6.07, 6.45) is 1.29. The van der Waals surface area contributed by atoms with Crippen LogP contribution in [0.15, 0.2) is 27.4 Å². The largest absolute Gasteiger partial charge is 0.506 e. The van der Waals surface area contributed by atoms with Gasteiger partial charge in [0.1, 0.15) is 39.5 Å². The third kappa shape index (κ3) is 6.99. The summed E-state index contributed by atoms with van der Waals surface area (Å²) in [6, 6.07) is 4.14. The Morgan fingerprint density at radius 1 is 0.947 bits per heavy atom. The number of carbonyl (C=O) groups is 2. The van der Waals surface area contributed by atoms with Crippen molar-refractivity contribution in [2.45, 2.75) is 117 Å². The van der Waals surface area contributed by atoms with Crippen LogP contribution >= 0.6 is 0 Å².